The maximum atomic E-state index is 12.8. The third kappa shape index (κ3) is 1.85. The number of thiazole rings is 1. The van der Waals surface area contributed by atoms with Gasteiger partial charge in [-0.25, -0.2) is 4.39 Å². The summed E-state index contributed by atoms with van der Waals surface area (Å²) in [6.45, 7) is -0.172. The van der Waals surface area contributed by atoms with Crippen molar-refractivity contribution in [1.82, 2.24) is 9.38 Å². The van der Waals surface area contributed by atoms with Crippen LogP contribution >= 0.6 is 11.3 Å². The number of fused-ring (bicyclic) bond motifs is 1. The van der Waals surface area contributed by atoms with E-state index in [0.717, 1.165) is 4.96 Å². The molecular weight excluding hydrogens is 255 g/mol. The molecule has 0 saturated carbocycles. The fraction of sp³-hybridized carbons (Fsp3) is 0.0833. The lowest BCUT2D eigenvalue weighted by atomic mass is 10.3. The Bertz CT molecular complexity index is 675. The molecule has 2 heterocycles. The molecular formula is C12H9FN2O2S. The normalized spacial score (nSPS) is 11.0. The predicted octanol–water partition coefficient (Wildman–Crippen LogP) is 2.82. The smallest absolute Gasteiger partial charge is 0.244 e. The van der Waals surface area contributed by atoms with Crippen molar-refractivity contribution in [2.75, 3.05) is 0 Å². The zero-order chi connectivity index (χ0) is 12.5. The van der Waals surface area contributed by atoms with E-state index in [2.05, 4.69) is 4.98 Å². The molecule has 0 amide bonds. The number of imidazole rings is 1. The van der Waals surface area contributed by atoms with Gasteiger partial charge in [0.25, 0.3) is 0 Å². The van der Waals surface area contributed by atoms with Crippen molar-refractivity contribution < 1.29 is 14.2 Å². The van der Waals surface area contributed by atoms with E-state index in [-0.39, 0.29) is 12.4 Å². The van der Waals surface area contributed by atoms with Crippen LogP contribution in [0.5, 0.6) is 11.6 Å². The number of aliphatic hydroxyl groups excluding tert-OH is 1. The van der Waals surface area contributed by atoms with E-state index in [1.807, 2.05) is 11.6 Å². The van der Waals surface area contributed by atoms with E-state index < -0.39 is 0 Å². The SMILES string of the molecule is OCc1c(Oc2ccc(F)cc2)nc2sccn12. The first kappa shape index (κ1) is 11.2. The Morgan fingerprint density at radius 1 is 1.33 bits per heavy atom. The fourth-order valence-electron chi connectivity index (χ4n) is 1.65. The molecule has 4 nitrogen and oxygen atoms in total. The van der Waals surface area contributed by atoms with Crippen LogP contribution in [0.1, 0.15) is 5.69 Å². The second-order valence-electron chi connectivity index (χ2n) is 3.63. The number of ether oxygens (including phenoxy) is 1. The van der Waals surface area contributed by atoms with Gasteiger partial charge >= 0.3 is 0 Å². The van der Waals surface area contributed by atoms with Gasteiger partial charge in [0.2, 0.25) is 5.88 Å². The highest BCUT2D eigenvalue weighted by atomic mass is 32.1. The zero-order valence-electron chi connectivity index (χ0n) is 9.21. The number of halogens is 1. The molecule has 2 aromatic heterocycles. The average Bonchev–Trinajstić information content (AvgIpc) is 2.92. The third-order valence-electron chi connectivity index (χ3n) is 2.50. The van der Waals surface area contributed by atoms with Crippen LogP contribution in [0, 0.1) is 5.82 Å². The van der Waals surface area contributed by atoms with Crippen molar-refractivity contribution in [3.05, 3.63) is 47.4 Å². The number of aliphatic hydroxyl groups is 1. The van der Waals surface area contributed by atoms with Gasteiger partial charge in [-0.2, -0.15) is 4.98 Å². The molecule has 0 unspecified atom stereocenters. The number of benzene rings is 1. The highest BCUT2D eigenvalue weighted by Crippen LogP contribution is 2.27. The van der Waals surface area contributed by atoms with E-state index in [0.29, 0.717) is 17.3 Å². The standard InChI is InChI=1S/C12H9FN2O2S/c13-8-1-3-9(4-2-8)17-11-10(7-16)15-5-6-18-12(15)14-11/h1-6,16H,7H2. The van der Waals surface area contributed by atoms with Gasteiger partial charge in [0, 0.05) is 11.6 Å². The van der Waals surface area contributed by atoms with Gasteiger partial charge in [-0.1, -0.05) is 0 Å². The molecule has 0 aliphatic carbocycles. The Balaban J connectivity index is 1.98. The lowest BCUT2D eigenvalue weighted by Crippen LogP contribution is -1.93. The Morgan fingerprint density at radius 3 is 2.83 bits per heavy atom. The Kier molecular flexibility index (Phi) is 2.73. The molecule has 3 rings (SSSR count). The molecule has 18 heavy (non-hydrogen) atoms. The number of hydrogen-bond donors (Lipinski definition) is 1. The van der Waals surface area contributed by atoms with E-state index >= 15 is 0 Å². The van der Waals surface area contributed by atoms with E-state index in [4.69, 9.17) is 4.74 Å². The van der Waals surface area contributed by atoms with Crippen molar-refractivity contribution >= 4 is 16.3 Å². The van der Waals surface area contributed by atoms with E-state index in [1.165, 1.54) is 35.6 Å². The maximum Gasteiger partial charge on any atom is 0.244 e. The summed E-state index contributed by atoms with van der Waals surface area (Å²) in [5.74, 6) is 0.503. The van der Waals surface area contributed by atoms with Gasteiger partial charge in [-0.05, 0) is 24.3 Å². The second kappa shape index (κ2) is 4.40. The monoisotopic (exact) mass is 264 g/mol. The average molecular weight is 264 g/mol. The summed E-state index contributed by atoms with van der Waals surface area (Å²) in [5.41, 5.74) is 0.579. The molecule has 6 heteroatoms. The van der Waals surface area contributed by atoms with Gasteiger partial charge in [-0.3, -0.25) is 4.40 Å². The third-order valence-corrected chi connectivity index (χ3v) is 3.26. The molecule has 92 valence electrons. The van der Waals surface area contributed by atoms with Crippen LogP contribution in [0.25, 0.3) is 4.96 Å². The molecule has 3 aromatic rings. The van der Waals surface area contributed by atoms with E-state index in [9.17, 15) is 9.50 Å². The second-order valence-corrected chi connectivity index (χ2v) is 4.51. The number of aromatic nitrogens is 2. The molecule has 0 atom stereocenters. The molecule has 0 radical (unpaired) electrons. The van der Waals surface area contributed by atoms with Crippen molar-refractivity contribution in [3.8, 4) is 11.6 Å². The first-order chi connectivity index (χ1) is 8.78. The van der Waals surface area contributed by atoms with Gasteiger partial charge in [0.15, 0.2) is 4.96 Å². The number of hydrogen-bond acceptors (Lipinski definition) is 4. The van der Waals surface area contributed by atoms with Crippen molar-refractivity contribution in [3.63, 3.8) is 0 Å². The summed E-state index contributed by atoms with van der Waals surface area (Å²) in [6.07, 6.45) is 1.82. The topological polar surface area (TPSA) is 46.8 Å². The summed E-state index contributed by atoms with van der Waals surface area (Å²) in [5, 5.41) is 11.2. The molecule has 0 aliphatic heterocycles. The molecule has 0 fully saturated rings. The molecule has 0 bridgehead atoms. The molecule has 0 saturated heterocycles. The summed E-state index contributed by atoms with van der Waals surface area (Å²) >= 11 is 1.45. The predicted molar refractivity (Wildman–Crippen MR) is 65.5 cm³/mol. The summed E-state index contributed by atoms with van der Waals surface area (Å²) < 4.78 is 20.1. The van der Waals surface area contributed by atoms with Crippen molar-refractivity contribution in [2.24, 2.45) is 0 Å². The molecule has 0 aliphatic rings. The van der Waals surface area contributed by atoms with Crippen LogP contribution in [-0.4, -0.2) is 14.5 Å². The van der Waals surface area contributed by atoms with Crippen LogP contribution < -0.4 is 4.74 Å². The van der Waals surface area contributed by atoms with Crippen LogP contribution in [0.4, 0.5) is 4.39 Å². The summed E-state index contributed by atoms with van der Waals surface area (Å²) in [4.78, 5) is 5.01. The zero-order valence-corrected chi connectivity index (χ0v) is 10.0. The van der Waals surface area contributed by atoms with Crippen LogP contribution in [0.2, 0.25) is 0 Å². The minimum Gasteiger partial charge on any atom is -0.437 e. The van der Waals surface area contributed by atoms with Crippen LogP contribution in [0.3, 0.4) is 0 Å². The minimum absolute atomic E-state index is 0.172. The lowest BCUT2D eigenvalue weighted by molar-refractivity contribution is 0.270. The lowest BCUT2D eigenvalue weighted by Gasteiger charge is -2.03. The van der Waals surface area contributed by atoms with Gasteiger partial charge < -0.3 is 9.84 Å². The highest BCUT2D eigenvalue weighted by molar-refractivity contribution is 7.15. The van der Waals surface area contributed by atoms with Gasteiger partial charge in [0.05, 0.1) is 6.61 Å². The Morgan fingerprint density at radius 2 is 2.11 bits per heavy atom. The highest BCUT2D eigenvalue weighted by Gasteiger charge is 2.14. The maximum absolute atomic E-state index is 12.8. The quantitative estimate of drug-likeness (QED) is 0.791. The fourth-order valence-corrected chi connectivity index (χ4v) is 2.38. The Labute approximate surface area is 106 Å². The summed E-state index contributed by atoms with van der Waals surface area (Å²) in [6, 6.07) is 5.66. The largest absolute Gasteiger partial charge is 0.437 e. The number of rotatable bonds is 3. The first-order valence-electron chi connectivity index (χ1n) is 5.26. The van der Waals surface area contributed by atoms with E-state index in [1.54, 1.807) is 4.40 Å². The first-order valence-corrected chi connectivity index (χ1v) is 6.14. The summed E-state index contributed by atoms with van der Waals surface area (Å²) in [7, 11) is 0. The van der Waals surface area contributed by atoms with Gasteiger partial charge in [-0.15, -0.1) is 11.3 Å². The minimum atomic E-state index is -0.324. The van der Waals surface area contributed by atoms with Gasteiger partial charge in [0.1, 0.15) is 17.3 Å². The Hall–Kier alpha value is -1.92. The number of nitrogens with zero attached hydrogens (tertiary/aromatic N) is 2. The van der Waals surface area contributed by atoms with Crippen molar-refractivity contribution in [2.45, 2.75) is 6.61 Å². The van der Waals surface area contributed by atoms with Crippen LogP contribution in [-0.2, 0) is 6.61 Å². The van der Waals surface area contributed by atoms with Crippen LogP contribution in [0.15, 0.2) is 35.8 Å². The molecule has 1 aromatic carbocycles. The van der Waals surface area contributed by atoms with Crippen molar-refractivity contribution in [1.29, 1.82) is 0 Å². The molecule has 1 N–H and O–H groups in total. The molecule has 0 spiro atoms.